The quantitative estimate of drug-likeness (QED) is 0.634. The molecule has 0 saturated carbocycles. The normalized spacial score (nSPS) is 15.8. The van der Waals surface area contributed by atoms with Crippen LogP contribution in [0.1, 0.15) is 13.0 Å². The molecule has 1 fully saturated rings. The van der Waals surface area contributed by atoms with Crippen molar-refractivity contribution in [3.8, 4) is 0 Å². The van der Waals surface area contributed by atoms with Crippen LogP contribution in [0.4, 0.5) is 5.82 Å². The minimum Gasteiger partial charge on any atom is -0.312 e. The fraction of sp³-hybridized carbons (Fsp3) is 0.600. The molecule has 1 aromatic heterocycles. The van der Waals surface area contributed by atoms with Crippen molar-refractivity contribution in [1.29, 1.82) is 0 Å². The van der Waals surface area contributed by atoms with Crippen molar-refractivity contribution in [2.75, 3.05) is 31.5 Å². The Morgan fingerprint density at radius 3 is 3.12 bits per heavy atom. The van der Waals surface area contributed by atoms with E-state index in [0.717, 1.165) is 25.5 Å². The first-order valence-corrected chi connectivity index (χ1v) is 5.56. The lowest BCUT2D eigenvalue weighted by Crippen LogP contribution is -2.44. The van der Waals surface area contributed by atoms with Crippen molar-refractivity contribution in [2.45, 2.75) is 13.0 Å². The molecule has 1 saturated heterocycles. The summed E-state index contributed by atoms with van der Waals surface area (Å²) in [4.78, 5) is 11.5. The number of anilines is 1. The zero-order valence-corrected chi connectivity index (χ0v) is 9.36. The van der Waals surface area contributed by atoms with Gasteiger partial charge in [-0.3, -0.25) is 4.79 Å². The van der Waals surface area contributed by atoms with E-state index in [1.54, 1.807) is 6.20 Å². The molecule has 3 N–H and O–H groups in total. The van der Waals surface area contributed by atoms with Crippen LogP contribution in [0.5, 0.6) is 0 Å². The molecule has 0 unspecified atom stereocenters. The summed E-state index contributed by atoms with van der Waals surface area (Å²) in [6.45, 7) is 4.93. The molecular formula is C10H17N5O. The van der Waals surface area contributed by atoms with Crippen LogP contribution in [0.2, 0.25) is 0 Å². The number of aromatic nitrogens is 2. The Hall–Kier alpha value is -1.40. The van der Waals surface area contributed by atoms with Gasteiger partial charge < -0.3 is 16.0 Å². The smallest absolute Gasteiger partial charge is 0.239 e. The molecule has 0 atom stereocenters. The molecule has 88 valence electrons. The van der Waals surface area contributed by atoms with E-state index >= 15 is 0 Å². The molecule has 1 amide bonds. The van der Waals surface area contributed by atoms with Gasteiger partial charge in [0.1, 0.15) is 5.82 Å². The van der Waals surface area contributed by atoms with Gasteiger partial charge in [0.2, 0.25) is 5.91 Å². The Labute approximate surface area is 94.4 Å². The van der Waals surface area contributed by atoms with Gasteiger partial charge in [0, 0.05) is 19.2 Å². The molecule has 0 aromatic carbocycles. The van der Waals surface area contributed by atoms with E-state index in [1.807, 2.05) is 17.7 Å². The van der Waals surface area contributed by atoms with Gasteiger partial charge in [0.05, 0.1) is 18.8 Å². The van der Waals surface area contributed by atoms with E-state index in [4.69, 9.17) is 0 Å². The lowest BCUT2D eigenvalue weighted by molar-refractivity contribution is -0.115. The van der Waals surface area contributed by atoms with E-state index < -0.39 is 0 Å². The van der Waals surface area contributed by atoms with Crippen molar-refractivity contribution in [3.05, 3.63) is 12.3 Å². The highest BCUT2D eigenvalue weighted by molar-refractivity contribution is 5.91. The Balaban J connectivity index is 1.93. The van der Waals surface area contributed by atoms with Gasteiger partial charge in [-0.25, -0.2) is 4.68 Å². The van der Waals surface area contributed by atoms with E-state index in [1.165, 1.54) is 0 Å². The number of amides is 1. The summed E-state index contributed by atoms with van der Waals surface area (Å²) in [6, 6.07) is 2.19. The van der Waals surface area contributed by atoms with Crippen LogP contribution < -0.4 is 16.0 Å². The minimum atomic E-state index is -0.0316. The Morgan fingerprint density at radius 2 is 2.50 bits per heavy atom. The van der Waals surface area contributed by atoms with E-state index in [0.29, 0.717) is 12.6 Å². The first-order chi connectivity index (χ1) is 7.81. The van der Waals surface area contributed by atoms with Gasteiger partial charge in [-0.1, -0.05) is 6.92 Å². The summed E-state index contributed by atoms with van der Waals surface area (Å²) in [5, 5.41) is 13.2. The van der Waals surface area contributed by atoms with Gasteiger partial charge in [0.25, 0.3) is 0 Å². The van der Waals surface area contributed by atoms with E-state index in [9.17, 15) is 4.79 Å². The molecule has 0 aliphatic carbocycles. The van der Waals surface area contributed by atoms with Crippen LogP contribution in [0.15, 0.2) is 12.3 Å². The number of carbonyl (C=O) groups is 1. The predicted octanol–water partition coefficient (Wildman–Crippen LogP) is -0.425. The second kappa shape index (κ2) is 5.09. The molecule has 6 nitrogen and oxygen atoms in total. The fourth-order valence-corrected chi connectivity index (χ4v) is 1.58. The topological polar surface area (TPSA) is 71.0 Å². The number of carbonyl (C=O) groups excluding carboxylic acids is 1. The zero-order valence-electron chi connectivity index (χ0n) is 9.36. The average molecular weight is 223 g/mol. The van der Waals surface area contributed by atoms with Crippen molar-refractivity contribution < 1.29 is 4.79 Å². The first-order valence-electron chi connectivity index (χ1n) is 5.56. The third kappa shape index (κ3) is 2.40. The van der Waals surface area contributed by atoms with Crippen LogP contribution in [-0.4, -0.2) is 41.9 Å². The van der Waals surface area contributed by atoms with Gasteiger partial charge in [-0.2, -0.15) is 5.10 Å². The number of rotatable bonds is 5. The monoisotopic (exact) mass is 223 g/mol. The zero-order chi connectivity index (χ0) is 11.4. The first kappa shape index (κ1) is 11.1. The Kier molecular flexibility index (Phi) is 3.53. The maximum absolute atomic E-state index is 11.5. The molecule has 0 radical (unpaired) electrons. The lowest BCUT2D eigenvalue weighted by atomic mass is 10.2. The van der Waals surface area contributed by atoms with Crippen LogP contribution in [0, 0.1) is 0 Å². The summed E-state index contributed by atoms with van der Waals surface area (Å²) in [5.41, 5.74) is 0. The summed E-state index contributed by atoms with van der Waals surface area (Å²) >= 11 is 0. The molecule has 2 heterocycles. The summed E-state index contributed by atoms with van der Waals surface area (Å²) in [5.74, 6) is 0.741. The second-order valence-corrected chi connectivity index (χ2v) is 3.80. The van der Waals surface area contributed by atoms with Crippen LogP contribution in [0.3, 0.4) is 0 Å². The molecule has 1 aliphatic rings. The average Bonchev–Trinajstić information content (AvgIpc) is 2.61. The van der Waals surface area contributed by atoms with E-state index in [2.05, 4.69) is 21.0 Å². The number of nitrogens with zero attached hydrogens (tertiary/aromatic N) is 2. The number of hydrogen-bond acceptors (Lipinski definition) is 4. The molecule has 1 aromatic rings. The molecule has 0 bridgehead atoms. The molecule has 1 aliphatic heterocycles. The van der Waals surface area contributed by atoms with Crippen molar-refractivity contribution in [2.24, 2.45) is 0 Å². The number of hydrogen-bond donors (Lipinski definition) is 3. The molecule has 2 rings (SSSR count). The van der Waals surface area contributed by atoms with Crippen molar-refractivity contribution in [1.82, 2.24) is 20.4 Å². The maximum atomic E-state index is 11.5. The minimum absolute atomic E-state index is 0.0316. The van der Waals surface area contributed by atoms with Crippen LogP contribution in [0.25, 0.3) is 0 Å². The van der Waals surface area contributed by atoms with Gasteiger partial charge in [-0.05, 0) is 6.54 Å². The summed E-state index contributed by atoms with van der Waals surface area (Å²) < 4.78 is 1.86. The maximum Gasteiger partial charge on any atom is 0.239 e. The molecular weight excluding hydrogens is 206 g/mol. The van der Waals surface area contributed by atoms with Gasteiger partial charge in [0.15, 0.2) is 0 Å². The third-order valence-corrected chi connectivity index (χ3v) is 2.58. The highest BCUT2D eigenvalue weighted by atomic mass is 16.2. The predicted molar refractivity (Wildman–Crippen MR) is 61.3 cm³/mol. The summed E-state index contributed by atoms with van der Waals surface area (Å²) in [7, 11) is 0. The third-order valence-electron chi connectivity index (χ3n) is 2.58. The second-order valence-electron chi connectivity index (χ2n) is 3.80. The van der Waals surface area contributed by atoms with Gasteiger partial charge in [-0.15, -0.1) is 0 Å². The Morgan fingerprint density at radius 1 is 1.69 bits per heavy atom. The van der Waals surface area contributed by atoms with Crippen LogP contribution in [-0.2, 0) is 4.79 Å². The van der Waals surface area contributed by atoms with E-state index in [-0.39, 0.29) is 5.91 Å². The molecule has 16 heavy (non-hydrogen) atoms. The molecule has 0 spiro atoms. The highest BCUT2D eigenvalue weighted by Crippen LogP contribution is 2.16. The summed E-state index contributed by atoms with van der Waals surface area (Å²) in [6.07, 6.45) is 1.71. The van der Waals surface area contributed by atoms with Crippen molar-refractivity contribution in [3.63, 3.8) is 0 Å². The molecule has 6 heteroatoms. The van der Waals surface area contributed by atoms with Gasteiger partial charge >= 0.3 is 0 Å². The number of likely N-dealkylation sites (N-methyl/N-ethyl adjacent to an activating group) is 1. The fourth-order valence-electron chi connectivity index (χ4n) is 1.58. The highest BCUT2D eigenvalue weighted by Gasteiger charge is 2.21. The van der Waals surface area contributed by atoms with Crippen LogP contribution >= 0.6 is 0 Å². The standard InChI is InChI=1S/C10H17N5O/c1-2-11-7-10(16)14-9-3-4-13-15(9)8-5-12-6-8/h3-4,8,11-12H,2,5-7H2,1H3,(H,14,16). The number of nitrogens with one attached hydrogen (secondary N) is 3. The van der Waals surface area contributed by atoms with Crippen molar-refractivity contribution >= 4 is 11.7 Å². The lowest BCUT2D eigenvalue weighted by Gasteiger charge is -2.28. The SMILES string of the molecule is CCNCC(=O)Nc1ccnn1C1CNC1. The largest absolute Gasteiger partial charge is 0.312 e. The Bertz CT molecular complexity index is 358.